The van der Waals surface area contributed by atoms with Crippen molar-refractivity contribution in [2.45, 2.75) is 37.4 Å². The number of rotatable bonds is 17. The van der Waals surface area contributed by atoms with Crippen LogP contribution in [-0.2, 0) is 36.4 Å². The van der Waals surface area contributed by atoms with Gasteiger partial charge in [0.2, 0.25) is 10.0 Å². The average Bonchev–Trinajstić information content (AvgIpc) is 3.85. The second kappa shape index (κ2) is 15.7. The number of sulfonamides is 1. The van der Waals surface area contributed by atoms with Crippen LogP contribution in [0.15, 0.2) is 65.1 Å². The Morgan fingerprint density at radius 1 is 0.957 bits per heavy atom. The van der Waals surface area contributed by atoms with E-state index in [9.17, 15) is 22.4 Å². The van der Waals surface area contributed by atoms with E-state index < -0.39 is 15.8 Å². The molecule has 0 bridgehead atoms. The number of fused-ring (bicyclic) bond motifs is 1. The molecule has 4 aromatic rings. The summed E-state index contributed by atoms with van der Waals surface area (Å²) in [4.78, 5) is 24.8. The maximum Gasteiger partial charge on any atom is 0.338 e. The lowest BCUT2D eigenvalue weighted by atomic mass is 9.98. The lowest BCUT2D eigenvalue weighted by Gasteiger charge is -2.12. The van der Waals surface area contributed by atoms with E-state index in [-0.39, 0.29) is 36.7 Å². The summed E-state index contributed by atoms with van der Waals surface area (Å²) in [6, 6.07) is 16.5. The number of hydrogen-bond donors (Lipinski definition) is 2. The SMILES string of the molecule is CNC(=O)c1c(-c2ccc(F)cc2)oc2cc(CS(=O)(=O)NCCOCCOCCCc3ccccc3C(=O)OC)c(C3CC3)cc12. The van der Waals surface area contributed by atoms with Crippen molar-refractivity contribution in [2.75, 3.05) is 47.1 Å². The molecule has 3 aromatic carbocycles. The van der Waals surface area contributed by atoms with Crippen LogP contribution >= 0.6 is 0 Å². The zero-order valence-electron chi connectivity index (χ0n) is 26.5. The summed E-state index contributed by atoms with van der Waals surface area (Å²) >= 11 is 0. The summed E-state index contributed by atoms with van der Waals surface area (Å²) in [6.45, 7) is 1.44. The monoisotopic (exact) mass is 666 g/mol. The van der Waals surface area contributed by atoms with E-state index in [1.165, 1.54) is 26.3 Å². The van der Waals surface area contributed by atoms with Gasteiger partial charge in [-0.3, -0.25) is 4.79 Å². The summed E-state index contributed by atoms with van der Waals surface area (Å²) in [5.41, 5.74) is 4.19. The minimum absolute atomic E-state index is 0.101. The van der Waals surface area contributed by atoms with E-state index in [4.69, 9.17) is 18.6 Å². The van der Waals surface area contributed by atoms with Gasteiger partial charge in [-0.15, -0.1) is 0 Å². The van der Waals surface area contributed by atoms with Gasteiger partial charge >= 0.3 is 5.97 Å². The van der Waals surface area contributed by atoms with Crippen LogP contribution in [0.3, 0.4) is 0 Å². The predicted octanol–water partition coefficient (Wildman–Crippen LogP) is 5.35. The van der Waals surface area contributed by atoms with E-state index in [1.54, 1.807) is 30.3 Å². The molecule has 47 heavy (non-hydrogen) atoms. The van der Waals surface area contributed by atoms with Crippen molar-refractivity contribution in [1.29, 1.82) is 0 Å². The molecule has 1 saturated carbocycles. The third-order valence-corrected chi connectivity index (χ3v) is 9.31. The average molecular weight is 667 g/mol. The third-order valence-electron chi connectivity index (χ3n) is 7.97. The molecular weight excluding hydrogens is 627 g/mol. The molecule has 0 radical (unpaired) electrons. The Hall–Kier alpha value is -4.10. The molecule has 2 N–H and O–H groups in total. The molecule has 0 aliphatic heterocycles. The Kier molecular flexibility index (Phi) is 11.4. The number of furan rings is 1. The first-order chi connectivity index (χ1) is 22.7. The lowest BCUT2D eigenvalue weighted by molar-refractivity contribution is 0.0490. The first-order valence-electron chi connectivity index (χ1n) is 15.6. The molecule has 1 fully saturated rings. The van der Waals surface area contributed by atoms with Crippen molar-refractivity contribution >= 4 is 32.9 Å². The molecule has 0 atom stereocenters. The Bertz CT molecular complexity index is 1820. The second-order valence-corrected chi connectivity index (χ2v) is 13.2. The van der Waals surface area contributed by atoms with Crippen LogP contribution in [-0.4, -0.2) is 67.4 Å². The van der Waals surface area contributed by atoms with Crippen molar-refractivity contribution < 1.29 is 41.0 Å². The number of amides is 1. The second-order valence-electron chi connectivity index (χ2n) is 11.3. The molecule has 5 rings (SSSR count). The molecule has 250 valence electrons. The Morgan fingerprint density at radius 3 is 2.38 bits per heavy atom. The highest BCUT2D eigenvalue weighted by Gasteiger charge is 2.31. The summed E-state index contributed by atoms with van der Waals surface area (Å²) in [5, 5.41) is 3.23. The highest BCUT2D eigenvalue weighted by atomic mass is 32.2. The molecular formula is C35H39FN2O8S. The molecule has 10 nitrogen and oxygen atoms in total. The van der Waals surface area contributed by atoms with E-state index >= 15 is 0 Å². The highest BCUT2D eigenvalue weighted by molar-refractivity contribution is 7.88. The molecule has 1 aliphatic rings. The fraction of sp³-hybridized carbons (Fsp3) is 0.371. The molecule has 0 spiro atoms. The van der Waals surface area contributed by atoms with E-state index in [2.05, 4.69) is 10.0 Å². The number of benzene rings is 3. The van der Waals surface area contributed by atoms with Crippen LogP contribution in [0.1, 0.15) is 62.6 Å². The molecule has 1 heterocycles. The van der Waals surface area contributed by atoms with Crippen molar-refractivity contribution in [2.24, 2.45) is 0 Å². The molecule has 12 heteroatoms. The van der Waals surface area contributed by atoms with E-state index in [0.29, 0.717) is 65.2 Å². The van der Waals surface area contributed by atoms with Crippen molar-refractivity contribution in [3.63, 3.8) is 0 Å². The van der Waals surface area contributed by atoms with Crippen LogP contribution in [0.25, 0.3) is 22.3 Å². The van der Waals surface area contributed by atoms with Gasteiger partial charge in [-0.05, 0) is 90.8 Å². The van der Waals surface area contributed by atoms with Crippen LogP contribution in [0.4, 0.5) is 4.39 Å². The maximum atomic E-state index is 13.6. The summed E-state index contributed by atoms with van der Waals surface area (Å²) in [6.07, 6.45) is 3.26. The van der Waals surface area contributed by atoms with Gasteiger partial charge in [0, 0.05) is 31.1 Å². The Labute approximate surface area is 273 Å². The number of nitrogens with one attached hydrogen (secondary N) is 2. The van der Waals surface area contributed by atoms with Gasteiger partial charge in [-0.25, -0.2) is 22.3 Å². The largest absolute Gasteiger partial charge is 0.465 e. The quantitative estimate of drug-likeness (QED) is 0.114. The predicted molar refractivity (Wildman–Crippen MR) is 175 cm³/mol. The van der Waals surface area contributed by atoms with Crippen molar-refractivity contribution in [3.05, 3.63) is 94.3 Å². The zero-order chi connectivity index (χ0) is 33.4. The summed E-state index contributed by atoms with van der Waals surface area (Å²) in [5.74, 6) is -0.867. The van der Waals surface area contributed by atoms with Crippen molar-refractivity contribution in [1.82, 2.24) is 10.0 Å². The molecule has 1 aromatic heterocycles. The number of halogens is 1. The number of hydrogen-bond acceptors (Lipinski definition) is 8. The van der Waals surface area contributed by atoms with E-state index in [1.807, 2.05) is 18.2 Å². The fourth-order valence-electron chi connectivity index (χ4n) is 5.52. The summed E-state index contributed by atoms with van der Waals surface area (Å²) < 4.78 is 64.4. The van der Waals surface area contributed by atoms with Crippen LogP contribution < -0.4 is 10.0 Å². The van der Waals surface area contributed by atoms with Crippen LogP contribution in [0.2, 0.25) is 0 Å². The number of methoxy groups -OCH3 is 1. The molecule has 0 saturated heterocycles. The Morgan fingerprint density at radius 2 is 1.68 bits per heavy atom. The van der Waals surface area contributed by atoms with Gasteiger partial charge in [-0.2, -0.15) is 0 Å². The Balaban J connectivity index is 1.12. The molecule has 1 amide bonds. The number of ether oxygens (including phenoxy) is 3. The van der Waals surface area contributed by atoms with Gasteiger partial charge in [0.25, 0.3) is 5.91 Å². The highest BCUT2D eigenvalue weighted by Crippen LogP contribution is 2.45. The molecule has 0 unspecified atom stereocenters. The lowest BCUT2D eigenvalue weighted by Crippen LogP contribution is -2.29. The fourth-order valence-corrected chi connectivity index (χ4v) is 6.67. The van der Waals surface area contributed by atoms with Gasteiger partial charge in [0.15, 0.2) is 0 Å². The number of aryl methyl sites for hydroxylation is 1. The first kappa shape index (κ1) is 34.2. The third kappa shape index (κ3) is 8.83. The number of esters is 1. The van der Waals surface area contributed by atoms with Crippen molar-refractivity contribution in [3.8, 4) is 11.3 Å². The van der Waals surface area contributed by atoms with E-state index in [0.717, 1.165) is 30.4 Å². The molecule has 1 aliphatic carbocycles. The summed E-state index contributed by atoms with van der Waals surface area (Å²) in [7, 11) is -0.827. The minimum Gasteiger partial charge on any atom is -0.465 e. The number of carbonyl (C=O) groups excluding carboxylic acids is 2. The minimum atomic E-state index is -3.71. The maximum absolute atomic E-state index is 13.6. The topological polar surface area (TPSA) is 133 Å². The van der Waals surface area contributed by atoms with Gasteiger partial charge in [0.1, 0.15) is 17.2 Å². The first-order valence-corrected chi connectivity index (χ1v) is 17.2. The number of carbonyl (C=O) groups is 2. The normalized spacial score (nSPS) is 13.2. The smallest absolute Gasteiger partial charge is 0.338 e. The zero-order valence-corrected chi connectivity index (χ0v) is 27.3. The van der Waals surface area contributed by atoms with Crippen LogP contribution in [0.5, 0.6) is 0 Å². The van der Waals surface area contributed by atoms with Gasteiger partial charge < -0.3 is 23.9 Å². The van der Waals surface area contributed by atoms with Gasteiger partial charge in [-0.1, -0.05) is 18.2 Å². The van der Waals surface area contributed by atoms with Crippen LogP contribution in [0, 0.1) is 5.82 Å². The van der Waals surface area contributed by atoms with Gasteiger partial charge in [0.05, 0.1) is 43.8 Å². The standard InChI is InChI=1S/C35H39FN2O8S/c1-37-34(39)32-30-21-29(24-9-10-24)26(20-31(30)46-33(32)25-11-13-27(36)14-12-25)22-47(41,42)38-15-17-45-19-18-44-16-5-7-23-6-3-4-8-28(23)35(40)43-2/h3-4,6,8,11-14,20-21,24,38H,5,7,9-10,15-19,22H2,1-2H3,(H,37,39).